The Morgan fingerprint density at radius 2 is 1.95 bits per heavy atom. The third-order valence-corrected chi connectivity index (χ3v) is 2.73. The summed E-state index contributed by atoms with van der Waals surface area (Å²) >= 11 is 0. The zero-order valence-electron chi connectivity index (χ0n) is 10.5. The molecule has 2 N–H and O–H groups in total. The number of nitrogens with one attached hydrogen (secondary N) is 1. The molecule has 2 aromatic rings. The molecule has 0 bridgehead atoms. The normalized spacial score (nSPS) is 10.2. The summed E-state index contributed by atoms with van der Waals surface area (Å²) in [6, 6.07) is 10.9. The van der Waals surface area contributed by atoms with E-state index < -0.39 is 11.7 Å². The van der Waals surface area contributed by atoms with Crippen LogP contribution in [-0.2, 0) is 0 Å². The van der Waals surface area contributed by atoms with Crippen LogP contribution in [0.1, 0.15) is 17.3 Å². The molecule has 1 amide bonds. The Hall–Kier alpha value is -2.36. The molecule has 4 heteroatoms. The van der Waals surface area contributed by atoms with Crippen LogP contribution in [0.5, 0.6) is 5.75 Å². The fourth-order valence-corrected chi connectivity index (χ4v) is 1.82. The van der Waals surface area contributed by atoms with Crippen LogP contribution in [0, 0.1) is 5.82 Å². The monoisotopic (exact) mass is 259 g/mol. The van der Waals surface area contributed by atoms with Crippen molar-refractivity contribution in [2.75, 3.05) is 6.54 Å². The van der Waals surface area contributed by atoms with Crippen LogP contribution in [0.2, 0.25) is 0 Å². The number of benzene rings is 2. The molecular weight excluding hydrogens is 245 g/mol. The van der Waals surface area contributed by atoms with Crippen molar-refractivity contribution in [1.82, 2.24) is 5.32 Å². The van der Waals surface area contributed by atoms with Crippen molar-refractivity contribution < 1.29 is 14.3 Å². The number of carbonyl (C=O) groups is 1. The van der Waals surface area contributed by atoms with Gasteiger partial charge in [0.05, 0.1) is 5.56 Å². The SMILES string of the molecule is CCNC(=O)c1ccc(-c2cccc(O)c2)cc1F. The van der Waals surface area contributed by atoms with Crippen molar-refractivity contribution in [3.63, 3.8) is 0 Å². The highest BCUT2D eigenvalue weighted by Gasteiger charge is 2.11. The van der Waals surface area contributed by atoms with Crippen molar-refractivity contribution in [3.8, 4) is 16.9 Å². The van der Waals surface area contributed by atoms with E-state index in [0.717, 1.165) is 0 Å². The number of phenols is 1. The molecule has 0 saturated carbocycles. The maximum Gasteiger partial charge on any atom is 0.254 e. The summed E-state index contributed by atoms with van der Waals surface area (Å²) < 4.78 is 13.9. The molecule has 0 aliphatic heterocycles. The molecule has 3 nitrogen and oxygen atoms in total. The first-order chi connectivity index (χ1) is 9.11. The second kappa shape index (κ2) is 5.52. The molecule has 0 atom stereocenters. The maximum absolute atomic E-state index is 13.9. The molecule has 2 aromatic carbocycles. The lowest BCUT2D eigenvalue weighted by molar-refractivity contribution is 0.0952. The number of hydrogen-bond donors (Lipinski definition) is 2. The van der Waals surface area contributed by atoms with Crippen LogP contribution in [0.3, 0.4) is 0 Å². The van der Waals surface area contributed by atoms with E-state index in [0.29, 0.717) is 17.7 Å². The van der Waals surface area contributed by atoms with Gasteiger partial charge in [-0.05, 0) is 42.3 Å². The lowest BCUT2D eigenvalue weighted by atomic mass is 10.0. The number of amides is 1. The number of aromatic hydroxyl groups is 1. The second-order valence-corrected chi connectivity index (χ2v) is 4.10. The van der Waals surface area contributed by atoms with Gasteiger partial charge >= 0.3 is 0 Å². The first-order valence-corrected chi connectivity index (χ1v) is 5.99. The van der Waals surface area contributed by atoms with Crippen molar-refractivity contribution in [2.24, 2.45) is 0 Å². The molecular formula is C15H14FNO2. The van der Waals surface area contributed by atoms with Gasteiger partial charge in [0.2, 0.25) is 0 Å². The van der Waals surface area contributed by atoms with E-state index in [1.807, 2.05) is 0 Å². The van der Waals surface area contributed by atoms with Crippen LogP contribution in [-0.4, -0.2) is 17.6 Å². The van der Waals surface area contributed by atoms with E-state index in [4.69, 9.17) is 0 Å². The van der Waals surface area contributed by atoms with Gasteiger partial charge in [-0.2, -0.15) is 0 Å². The lowest BCUT2D eigenvalue weighted by Crippen LogP contribution is -2.23. The van der Waals surface area contributed by atoms with Crippen molar-refractivity contribution in [1.29, 1.82) is 0 Å². The zero-order chi connectivity index (χ0) is 13.8. The van der Waals surface area contributed by atoms with Crippen LogP contribution < -0.4 is 5.32 Å². The van der Waals surface area contributed by atoms with Crippen molar-refractivity contribution in [2.45, 2.75) is 6.92 Å². The van der Waals surface area contributed by atoms with Gasteiger partial charge < -0.3 is 10.4 Å². The van der Waals surface area contributed by atoms with Crippen molar-refractivity contribution in [3.05, 3.63) is 53.8 Å². The van der Waals surface area contributed by atoms with E-state index >= 15 is 0 Å². The highest BCUT2D eigenvalue weighted by molar-refractivity contribution is 5.95. The Morgan fingerprint density at radius 1 is 1.21 bits per heavy atom. The molecule has 0 unspecified atom stereocenters. The van der Waals surface area contributed by atoms with Gasteiger partial charge in [-0.1, -0.05) is 18.2 Å². The van der Waals surface area contributed by atoms with E-state index in [1.165, 1.54) is 12.1 Å². The summed E-state index contributed by atoms with van der Waals surface area (Å²) in [7, 11) is 0. The average molecular weight is 259 g/mol. The fraction of sp³-hybridized carbons (Fsp3) is 0.133. The molecule has 98 valence electrons. The van der Waals surface area contributed by atoms with Crippen molar-refractivity contribution >= 4 is 5.91 Å². The Bertz CT molecular complexity index is 611. The molecule has 0 aliphatic carbocycles. The minimum atomic E-state index is -0.577. The molecule has 2 rings (SSSR count). The predicted octanol–water partition coefficient (Wildman–Crippen LogP) is 2.95. The number of phenolic OH excluding ortho intramolecular Hbond substituents is 1. The summed E-state index contributed by atoms with van der Waals surface area (Å²) in [4.78, 5) is 11.6. The largest absolute Gasteiger partial charge is 0.508 e. The minimum absolute atomic E-state index is 0.0192. The van der Waals surface area contributed by atoms with E-state index in [2.05, 4.69) is 5.32 Å². The Labute approximate surface area is 110 Å². The van der Waals surface area contributed by atoms with Crippen LogP contribution in [0.25, 0.3) is 11.1 Å². The van der Waals surface area contributed by atoms with Gasteiger partial charge in [0.15, 0.2) is 0 Å². The number of hydrogen-bond acceptors (Lipinski definition) is 2. The number of rotatable bonds is 3. The highest BCUT2D eigenvalue weighted by Crippen LogP contribution is 2.24. The summed E-state index contributed by atoms with van der Waals surface area (Å²) in [5, 5.41) is 12.0. The second-order valence-electron chi connectivity index (χ2n) is 4.10. The van der Waals surface area contributed by atoms with Crippen LogP contribution in [0.4, 0.5) is 4.39 Å². The van der Waals surface area contributed by atoms with Gasteiger partial charge in [-0.25, -0.2) is 4.39 Å². The molecule has 0 aliphatic rings. The fourth-order valence-electron chi connectivity index (χ4n) is 1.82. The zero-order valence-corrected chi connectivity index (χ0v) is 10.5. The molecule has 0 saturated heterocycles. The van der Waals surface area contributed by atoms with E-state index in [1.54, 1.807) is 37.3 Å². The molecule has 0 spiro atoms. The van der Waals surface area contributed by atoms with E-state index in [-0.39, 0.29) is 11.3 Å². The van der Waals surface area contributed by atoms with Gasteiger partial charge in [0.25, 0.3) is 5.91 Å². The van der Waals surface area contributed by atoms with Gasteiger partial charge in [0.1, 0.15) is 11.6 Å². The maximum atomic E-state index is 13.9. The summed E-state index contributed by atoms with van der Waals surface area (Å²) in [6.07, 6.45) is 0. The third kappa shape index (κ3) is 2.91. The standard InChI is InChI=1S/C15H14FNO2/c1-2-17-15(19)13-7-6-11(9-14(13)16)10-4-3-5-12(18)8-10/h3-9,18H,2H2,1H3,(H,17,19). The van der Waals surface area contributed by atoms with Gasteiger partial charge in [-0.3, -0.25) is 4.79 Å². The number of halogens is 1. The lowest BCUT2D eigenvalue weighted by Gasteiger charge is -2.07. The average Bonchev–Trinajstić information content (AvgIpc) is 2.38. The Morgan fingerprint density at radius 3 is 2.58 bits per heavy atom. The summed E-state index contributed by atoms with van der Waals surface area (Å²) in [5.41, 5.74) is 1.33. The molecule has 0 heterocycles. The topological polar surface area (TPSA) is 49.3 Å². The summed E-state index contributed by atoms with van der Waals surface area (Å²) in [6.45, 7) is 2.23. The molecule has 0 fully saturated rings. The first-order valence-electron chi connectivity index (χ1n) is 5.99. The van der Waals surface area contributed by atoms with Crippen LogP contribution >= 0.6 is 0 Å². The molecule has 0 radical (unpaired) electrons. The quantitative estimate of drug-likeness (QED) is 0.890. The Kier molecular flexibility index (Phi) is 3.80. The Balaban J connectivity index is 2.36. The highest BCUT2D eigenvalue weighted by atomic mass is 19.1. The smallest absolute Gasteiger partial charge is 0.254 e. The number of carbonyl (C=O) groups excluding carboxylic acids is 1. The molecule has 0 aromatic heterocycles. The van der Waals surface area contributed by atoms with Gasteiger partial charge in [-0.15, -0.1) is 0 Å². The first kappa shape index (κ1) is 13.1. The van der Waals surface area contributed by atoms with E-state index in [9.17, 15) is 14.3 Å². The van der Waals surface area contributed by atoms with Gasteiger partial charge in [0, 0.05) is 6.54 Å². The summed E-state index contributed by atoms with van der Waals surface area (Å²) in [5.74, 6) is -0.889. The minimum Gasteiger partial charge on any atom is -0.508 e. The third-order valence-electron chi connectivity index (χ3n) is 2.73. The molecule has 19 heavy (non-hydrogen) atoms. The predicted molar refractivity (Wildman–Crippen MR) is 71.5 cm³/mol. The van der Waals surface area contributed by atoms with Crippen LogP contribution in [0.15, 0.2) is 42.5 Å².